The van der Waals surface area contributed by atoms with Crippen LogP contribution in [0.2, 0.25) is 0 Å². The van der Waals surface area contributed by atoms with Crippen molar-refractivity contribution in [2.75, 3.05) is 24.5 Å². The van der Waals surface area contributed by atoms with Crippen molar-refractivity contribution in [1.29, 1.82) is 0 Å². The molecule has 2 aliphatic rings. The van der Waals surface area contributed by atoms with Crippen LogP contribution in [0.1, 0.15) is 35.3 Å². The molecule has 206 valence electrons. The SMILES string of the molecule is [C-]#[N+]c1ccc(-n2nc(C(=O)N3CCC4(CC3)C(=O)CCN4c3ccc(F)c(C)c3)cc2-c2cccnc2)cc1F. The maximum atomic E-state index is 14.5. The van der Waals surface area contributed by atoms with Gasteiger partial charge < -0.3 is 9.80 Å². The van der Waals surface area contributed by atoms with E-state index in [1.165, 1.54) is 22.9 Å². The smallest absolute Gasteiger partial charge is 0.274 e. The van der Waals surface area contributed by atoms with Crippen molar-refractivity contribution in [3.63, 3.8) is 0 Å². The number of halogens is 2. The van der Waals surface area contributed by atoms with Gasteiger partial charge in [0.2, 0.25) is 5.69 Å². The van der Waals surface area contributed by atoms with E-state index < -0.39 is 11.4 Å². The minimum absolute atomic E-state index is 0.103. The predicted octanol–water partition coefficient (Wildman–Crippen LogP) is 5.53. The third kappa shape index (κ3) is 4.53. The first-order chi connectivity index (χ1) is 19.8. The molecule has 0 bridgehead atoms. The highest BCUT2D eigenvalue weighted by molar-refractivity contribution is 5.97. The number of ketones is 1. The number of likely N-dealkylation sites (tertiary alicyclic amines) is 1. The fourth-order valence-electron chi connectivity index (χ4n) is 5.89. The minimum Gasteiger partial charge on any atom is -0.358 e. The van der Waals surface area contributed by atoms with Gasteiger partial charge in [-0.15, -0.1) is 0 Å². The average Bonchev–Trinajstić information content (AvgIpc) is 3.57. The van der Waals surface area contributed by atoms with Crippen LogP contribution in [0.5, 0.6) is 0 Å². The van der Waals surface area contributed by atoms with Crippen molar-refractivity contribution in [2.24, 2.45) is 0 Å². The Hall–Kier alpha value is -4.91. The average molecular weight is 553 g/mol. The summed E-state index contributed by atoms with van der Waals surface area (Å²) < 4.78 is 29.9. The molecule has 4 aromatic rings. The van der Waals surface area contributed by atoms with Gasteiger partial charge in [-0.05, 0) is 73.9 Å². The number of aromatic nitrogens is 3. The topological polar surface area (TPSA) is 75.7 Å². The molecule has 0 N–H and O–H groups in total. The Morgan fingerprint density at radius 2 is 1.78 bits per heavy atom. The van der Waals surface area contributed by atoms with E-state index in [0.29, 0.717) is 61.4 Å². The number of Topliss-reactive ketones (excluding diaryl/α,β-unsaturated/α-hetero) is 1. The zero-order valence-corrected chi connectivity index (χ0v) is 22.3. The monoisotopic (exact) mass is 552 g/mol. The van der Waals surface area contributed by atoms with Crippen molar-refractivity contribution >= 4 is 23.1 Å². The third-order valence-corrected chi connectivity index (χ3v) is 8.11. The Kier molecular flexibility index (Phi) is 6.58. The Labute approximate surface area is 235 Å². The molecule has 0 saturated carbocycles. The van der Waals surface area contributed by atoms with Gasteiger partial charge in [-0.25, -0.2) is 18.3 Å². The highest BCUT2D eigenvalue weighted by Gasteiger charge is 2.50. The van der Waals surface area contributed by atoms with Crippen LogP contribution in [0.3, 0.4) is 0 Å². The lowest BCUT2D eigenvalue weighted by Crippen LogP contribution is -2.56. The van der Waals surface area contributed by atoms with Gasteiger partial charge in [0.1, 0.15) is 17.2 Å². The van der Waals surface area contributed by atoms with Crippen molar-refractivity contribution in [3.8, 4) is 16.9 Å². The van der Waals surface area contributed by atoms with Gasteiger partial charge >= 0.3 is 0 Å². The molecule has 10 heteroatoms. The van der Waals surface area contributed by atoms with E-state index >= 15 is 0 Å². The Balaban J connectivity index is 1.28. The van der Waals surface area contributed by atoms with E-state index in [4.69, 9.17) is 6.57 Å². The summed E-state index contributed by atoms with van der Waals surface area (Å²) in [5.74, 6) is -1.12. The normalized spacial score (nSPS) is 16.3. The van der Waals surface area contributed by atoms with Crippen molar-refractivity contribution in [2.45, 2.75) is 31.7 Å². The molecule has 1 amide bonds. The molecule has 1 spiro atoms. The summed E-state index contributed by atoms with van der Waals surface area (Å²) >= 11 is 0. The second-order valence-electron chi connectivity index (χ2n) is 10.4. The lowest BCUT2D eigenvalue weighted by atomic mass is 9.83. The molecule has 2 saturated heterocycles. The number of rotatable bonds is 4. The van der Waals surface area contributed by atoms with Crippen molar-refractivity contribution < 1.29 is 18.4 Å². The van der Waals surface area contributed by atoms with Crippen LogP contribution in [0.4, 0.5) is 20.2 Å². The van der Waals surface area contributed by atoms with E-state index in [0.717, 1.165) is 5.69 Å². The molecular formula is C31H26F2N6O2. The molecule has 0 atom stereocenters. The number of amides is 1. The quantitative estimate of drug-likeness (QED) is 0.312. The number of carbonyl (C=O) groups excluding carboxylic acids is 2. The zero-order valence-electron chi connectivity index (χ0n) is 22.3. The summed E-state index contributed by atoms with van der Waals surface area (Å²) in [6.07, 6.45) is 4.58. The first-order valence-electron chi connectivity index (χ1n) is 13.3. The Bertz CT molecular complexity index is 1700. The number of hydrogen-bond acceptors (Lipinski definition) is 5. The molecule has 2 aromatic carbocycles. The molecule has 0 radical (unpaired) electrons. The second kappa shape index (κ2) is 10.2. The standard InChI is InChI=1S/C31H26F2N6O2/c1-20-16-22(5-7-24(20)32)38-13-9-29(40)31(38)10-14-37(15-11-31)30(41)27-18-28(21-4-3-12-35-19-21)39(36-27)23-6-8-26(34-2)25(33)17-23/h3-8,12,16-19H,9-11,13-15H2,1H3. The number of aryl methyl sites for hydroxylation is 1. The molecular weight excluding hydrogens is 526 g/mol. The minimum atomic E-state index is -0.733. The zero-order chi connectivity index (χ0) is 28.7. The van der Waals surface area contributed by atoms with Gasteiger partial charge in [-0.3, -0.25) is 14.6 Å². The van der Waals surface area contributed by atoms with Crippen LogP contribution >= 0.6 is 0 Å². The summed E-state index contributed by atoms with van der Waals surface area (Å²) in [6, 6.07) is 14.3. The molecule has 2 fully saturated rings. The van der Waals surface area contributed by atoms with Crippen LogP contribution < -0.4 is 4.90 Å². The van der Waals surface area contributed by atoms with Crippen LogP contribution in [0.25, 0.3) is 21.8 Å². The molecule has 0 unspecified atom stereocenters. The Morgan fingerprint density at radius 3 is 2.46 bits per heavy atom. The lowest BCUT2D eigenvalue weighted by molar-refractivity contribution is -0.123. The van der Waals surface area contributed by atoms with Gasteiger partial charge in [-0.2, -0.15) is 5.10 Å². The van der Waals surface area contributed by atoms with Gasteiger partial charge in [0.15, 0.2) is 11.5 Å². The number of hydrogen-bond donors (Lipinski definition) is 0. The summed E-state index contributed by atoms with van der Waals surface area (Å²) in [7, 11) is 0. The van der Waals surface area contributed by atoms with Crippen molar-refractivity contribution in [3.05, 3.63) is 101 Å². The van der Waals surface area contributed by atoms with E-state index in [1.54, 1.807) is 54.5 Å². The number of benzene rings is 2. The number of anilines is 1. The summed E-state index contributed by atoms with van der Waals surface area (Å²) in [6.45, 7) is 10.1. The molecule has 2 aliphatic heterocycles. The highest BCUT2D eigenvalue weighted by Crippen LogP contribution is 2.40. The third-order valence-electron chi connectivity index (χ3n) is 8.11. The number of carbonyl (C=O) groups is 2. The summed E-state index contributed by atoms with van der Waals surface area (Å²) in [5.41, 5.74) is 2.28. The van der Waals surface area contributed by atoms with Crippen LogP contribution in [-0.4, -0.2) is 56.5 Å². The summed E-state index contributed by atoms with van der Waals surface area (Å²) in [5, 5.41) is 4.55. The van der Waals surface area contributed by atoms with Crippen LogP contribution in [-0.2, 0) is 4.79 Å². The fraction of sp³-hybridized carbons (Fsp3) is 0.258. The highest BCUT2D eigenvalue weighted by atomic mass is 19.1. The number of piperidine rings is 1. The van der Waals surface area contributed by atoms with Crippen molar-refractivity contribution in [1.82, 2.24) is 19.7 Å². The van der Waals surface area contributed by atoms with E-state index in [-0.39, 0.29) is 28.9 Å². The predicted molar refractivity (Wildman–Crippen MR) is 149 cm³/mol. The summed E-state index contributed by atoms with van der Waals surface area (Å²) in [4.78, 5) is 38.0. The van der Waals surface area contributed by atoms with E-state index in [1.807, 2.05) is 6.07 Å². The molecule has 8 nitrogen and oxygen atoms in total. The molecule has 4 heterocycles. The molecule has 41 heavy (non-hydrogen) atoms. The molecule has 0 aliphatic carbocycles. The Morgan fingerprint density at radius 1 is 1.00 bits per heavy atom. The number of pyridine rings is 1. The first kappa shape index (κ1) is 26.3. The van der Waals surface area contributed by atoms with Crippen LogP contribution in [0, 0.1) is 25.1 Å². The van der Waals surface area contributed by atoms with E-state index in [9.17, 15) is 18.4 Å². The first-order valence-corrected chi connectivity index (χ1v) is 13.3. The molecule has 2 aromatic heterocycles. The maximum Gasteiger partial charge on any atom is 0.274 e. The largest absolute Gasteiger partial charge is 0.358 e. The van der Waals surface area contributed by atoms with Gasteiger partial charge in [0.25, 0.3) is 5.91 Å². The number of nitrogens with zero attached hydrogens (tertiary/aromatic N) is 6. The van der Waals surface area contributed by atoms with E-state index in [2.05, 4.69) is 19.8 Å². The van der Waals surface area contributed by atoms with Gasteiger partial charge in [0, 0.05) is 49.7 Å². The maximum absolute atomic E-state index is 14.5. The lowest BCUT2D eigenvalue weighted by Gasteiger charge is -2.44. The second-order valence-corrected chi connectivity index (χ2v) is 10.4. The molecule has 6 rings (SSSR count). The van der Waals surface area contributed by atoms with Crippen LogP contribution in [0.15, 0.2) is 67.0 Å². The van der Waals surface area contributed by atoms with Gasteiger partial charge in [-0.1, -0.05) is 6.07 Å². The fourth-order valence-corrected chi connectivity index (χ4v) is 5.89. The van der Waals surface area contributed by atoms with Gasteiger partial charge in [0.05, 0.1) is 18.0 Å².